The fourth-order valence-electron chi connectivity index (χ4n) is 1.84. The Hall–Kier alpha value is -2.64. The van der Waals surface area contributed by atoms with Crippen LogP contribution >= 0.6 is 0 Å². The van der Waals surface area contributed by atoms with Crippen molar-refractivity contribution in [2.45, 2.75) is 6.61 Å². The van der Waals surface area contributed by atoms with Gasteiger partial charge in [-0.25, -0.2) is 9.59 Å². The van der Waals surface area contributed by atoms with E-state index in [4.69, 9.17) is 10.8 Å². The second-order valence-corrected chi connectivity index (χ2v) is 3.55. The lowest BCUT2D eigenvalue weighted by molar-refractivity contribution is -0.0493. The van der Waals surface area contributed by atoms with Crippen molar-refractivity contribution < 1.29 is 28.2 Å². The van der Waals surface area contributed by atoms with Gasteiger partial charge in [0.15, 0.2) is 11.4 Å². The van der Waals surface area contributed by atoms with Crippen molar-refractivity contribution in [2.24, 2.45) is 5.73 Å². The number of aromatic nitrogens is 1. The van der Waals surface area contributed by atoms with E-state index in [-0.39, 0.29) is 10.9 Å². The molecule has 8 heteroatoms. The first-order valence-corrected chi connectivity index (χ1v) is 5.04. The number of carboxylic acid groups (broad SMARTS) is 1. The summed E-state index contributed by atoms with van der Waals surface area (Å²) < 4.78 is 29.6. The number of nitrogens with two attached hydrogens (primary N) is 1. The minimum Gasteiger partial charge on any atom is -0.476 e. The average Bonchev–Trinajstić information content (AvgIpc) is 2.63. The lowest BCUT2D eigenvalue weighted by atomic mass is 10.2. The number of carboxylic acids is 1. The van der Waals surface area contributed by atoms with E-state index in [0.29, 0.717) is 4.57 Å². The molecule has 0 bridgehead atoms. The molecule has 0 unspecified atom stereocenters. The van der Waals surface area contributed by atoms with Gasteiger partial charge < -0.3 is 15.6 Å². The number of primary amides is 1. The van der Waals surface area contributed by atoms with E-state index in [2.05, 4.69) is 4.74 Å². The minimum absolute atomic E-state index is 0.0685. The molecule has 1 aromatic carbocycles. The Morgan fingerprint density at radius 1 is 1.32 bits per heavy atom. The third kappa shape index (κ3) is 2.07. The molecule has 100 valence electrons. The number of nitrogens with zero attached hydrogens (tertiary/aromatic N) is 1. The zero-order valence-corrected chi connectivity index (χ0v) is 9.34. The van der Waals surface area contributed by atoms with Gasteiger partial charge in [0.05, 0.1) is 5.52 Å². The van der Waals surface area contributed by atoms with Crippen molar-refractivity contribution in [3.8, 4) is 5.75 Å². The number of aromatic carboxylic acids is 1. The van der Waals surface area contributed by atoms with Crippen molar-refractivity contribution >= 4 is 22.9 Å². The van der Waals surface area contributed by atoms with Gasteiger partial charge in [-0.1, -0.05) is 12.1 Å². The maximum atomic E-state index is 12.4. The third-order valence-electron chi connectivity index (χ3n) is 2.46. The number of amides is 1. The van der Waals surface area contributed by atoms with E-state index in [1.54, 1.807) is 0 Å². The third-order valence-corrected chi connectivity index (χ3v) is 2.46. The molecule has 2 aromatic rings. The molecule has 0 fully saturated rings. The van der Waals surface area contributed by atoms with Crippen LogP contribution in [0.3, 0.4) is 0 Å². The maximum Gasteiger partial charge on any atom is 0.387 e. The van der Waals surface area contributed by atoms with E-state index in [0.717, 1.165) is 0 Å². The van der Waals surface area contributed by atoms with Gasteiger partial charge in [-0.3, -0.25) is 4.57 Å². The van der Waals surface area contributed by atoms with Gasteiger partial charge >= 0.3 is 18.6 Å². The number of benzene rings is 1. The summed E-state index contributed by atoms with van der Waals surface area (Å²) in [5, 5.41) is 9.12. The Morgan fingerprint density at radius 2 is 1.95 bits per heavy atom. The summed E-state index contributed by atoms with van der Waals surface area (Å²) in [7, 11) is 0. The van der Waals surface area contributed by atoms with Crippen LogP contribution < -0.4 is 10.5 Å². The molecule has 1 aromatic heterocycles. The first-order valence-electron chi connectivity index (χ1n) is 5.04. The normalized spacial score (nSPS) is 10.9. The van der Waals surface area contributed by atoms with Crippen LogP contribution in [0.2, 0.25) is 0 Å². The molecule has 6 nitrogen and oxygen atoms in total. The summed E-state index contributed by atoms with van der Waals surface area (Å²) in [6, 6.07) is 4.65. The van der Waals surface area contributed by atoms with Crippen LogP contribution in [0.25, 0.3) is 10.9 Å². The fraction of sp³-hybridized carbons (Fsp3) is 0.0909. The molecular formula is C11H8F2N2O4. The highest BCUT2D eigenvalue weighted by Gasteiger charge is 2.27. The lowest BCUT2D eigenvalue weighted by Gasteiger charge is -2.05. The molecule has 0 aliphatic rings. The van der Waals surface area contributed by atoms with Gasteiger partial charge in [0, 0.05) is 5.39 Å². The van der Waals surface area contributed by atoms with Gasteiger partial charge in [0.25, 0.3) is 0 Å². The van der Waals surface area contributed by atoms with Crippen molar-refractivity contribution in [3.63, 3.8) is 0 Å². The first-order chi connectivity index (χ1) is 8.93. The van der Waals surface area contributed by atoms with E-state index in [1.807, 2.05) is 0 Å². The molecule has 3 N–H and O–H groups in total. The smallest absolute Gasteiger partial charge is 0.387 e. The van der Waals surface area contributed by atoms with Crippen molar-refractivity contribution in [1.29, 1.82) is 0 Å². The number of carbonyl (C=O) groups is 2. The minimum atomic E-state index is -3.22. The summed E-state index contributed by atoms with van der Waals surface area (Å²) >= 11 is 0. The Morgan fingerprint density at radius 3 is 2.47 bits per heavy atom. The molecule has 0 saturated heterocycles. The Balaban J connectivity index is 2.87. The number of fused-ring (bicyclic) bond motifs is 1. The zero-order valence-electron chi connectivity index (χ0n) is 9.34. The van der Waals surface area contributed by atoms with E-state index < -0.39 is 30.1 Å². The van der Waals surface area contributed by atoms with Gasteiger partial charge in [0.2, 0.25) is 0 Å². The Labute approximate surface area is 105 Å². The maximum absolute atomic E-state index is 12.4. The highest BCUT2D eigenvalue weighted by molar-refractivity contribution is 6.06. The van der Waals surface area contributed by atoms with Gasteiger partial charge in [0.1, 0.15) is 0 Å². The first kappa shape index (κ1) is 12.8. The number of carbonyl (C=O) groups excluding carboxylic acids is 1. The number of ether oxygens (including phenoxy) is 1. The largest absolute Gasteiger partial charge is 0.476 e. The lowest BCUT2D eigenvalue weighted by Crippen LogP contribution is -2.24. The molecule has 0 saturated carbocycles. The number of halogens is 2. The Bertz CT molecular complexity index is 666. The predicted molar refractivity (Wildman–Crippen MR) is 60.5 cm³/mol. The van der Waals surface area contributed by atoms with Crippen molar-refractivity contribution in [1.82, 2.24) is 4.57 Å². The molecule has 1 heterocycles. The molecule has 19 heavy (non-hydrogen) atoms. The second-order valence-electron chi connectivity index (χ2n) is 3.55. The highest BCUT2D eigenvalue weighted by Crippen LogP contribution is 2.34. The fourth-order valence-corrected chi connectivity index (χ4v) is 1.84. The topological polar surface area (TPSA) is 94.6 Å². The van der Waals surface area contributed by atoms with E-state index in [9.17, 15) is 18.4 Å². The number of hydrogen-bond acceptors (Lipinski definition) is 3. The van der Waals surface area contributed by atoms with Gasteiger partial charge in [-0.15, -0.1) is 0 Å². The summed E-state index contributed by atoms with van der Waals surface area (Å²) in [5.74, 6) is -2.18. The molecule has 0 spiro atoms. The van der Waals surface area contributed by atoms with Crippen LogP contribution in [0.1, 0.15) is 10.5 Å². The molecular weight excluding hydrogens is 262 g/mol. The van der Waals surface area contributed by atoms with Gasteiger partial charge in [-0.2, -0.15) is 8.78 Å². The Kier molecular flexibility index (Phi) is 3.07. The van der Waals surface area contributed by atoms with Crippen LogP contribution in [-0.2, 0) is 0 Å². The van der Waals surface area contributed by atoms with Crippen molar-refractivity contribution in [2.75, 3.05) is 0 Å². The molecule has 0 aliphatic carbocycles. The molecule has 2 rings (SSSR count). The monoisotopic (exact) mass is 270 g/mol. The average molecular weight is 270 g/mol. The number of rotatable bonds is 3. The standard InChI is InChI=1S/C11H8F2N2O4/c12-10(13)19-8-5-3-1-2-4-6(5)15(11(14)18)7(8)9(16)17/h1-4,10H,(H2,14,18)(H,16,17). The molecule has 0 atom stereocenters. The van der Waals surface area contributed by atoms with Gasteiger partial charge in [-0.05, 0) is 12.1 Å². The summed E-state index contributed by atoms with van der Waals surface area (Å²) in [6.07, 6.45) is 0. The molecule has 0 aliphatic heterocycles. The van der Waals surface area contributed by atoms with Crippen LogP contribution in [0.4, 0.5) is 13.6 Å². The van der Waals surface area contributed by atoms with Crippen molar-refractivity contribution in [3.05, 3.63) is 30.0 Å². The zero-order chi connectivity index (χ0) is 14.2. The van der Waals surface area contributed by atoms with Crippen LogP contribution in [0, 0.1) is 0 Å². The second kappa shape index (κ2) is 4.56. The molecule has 1 amide bonds. The SMILES string of the molecule is NC(=O)n1c(C(=O)O)c(OC(F)F)c2ccccc21. The van der Waals surface area contributed by atoms with Crippen LogP contribution in [-0.4, -0.2) is 28.3 Å². The molecule has 0 radical (unpaired) electrons. The summed E-state index contributed by atoms with van der Waals surface area (Å²) in [6.45, 7) is -3.22. The highest BCUT2D eigenvalue weighted by atomic mass is 19.3. The number of para-hydroxylation sites is 1. The quantitative estimate of drug-likeness (QED) is 0.890. The van der Waals surface area contributed by atoms with E-state index >= 15 is 0 Å². The number of hydrogen-bond donors (Lipinski definition) is 2. The van der Waals surface area contributed by atoms with Crippen LogP contribution in [0.5, 0.6) is 5.75 Å². The summed E-state index contributed by atoms with van der Waals surface area (Å²) in [4.78, 5) is 22.5. The van der Waals surface area contributed by atoms with Crippen LogP contribution in [0.15, 0.2) is 24.3 Å². The summed E-state index contributed by atoms with van der Waals surface area (Å²) in [5.41, 5.74) is 4.44. The van der Waals surface area contributed by atoms with E-state index in [1.165, 1.54) is 24.3 Å². The number of alkyl halides is 2. The predicted octanol–water partition coefficient (Wildman–Crippen LogP) is 1.87.